The number of benzene rings is 5. The molecule has 0 aliphatic carbocycles. The van der Waals surface area contributed by atoms with Crippen molar-refractivity contribution in [1.82, 2.24) is 0 Å². The molecular weight excluding hydrogens is 822 g/mol. The molecular formula is C31H6B2F20O3. The number of hydrogen-bond donors (Lipinski definition) is 0. The minimum atomic E-state index is -6.52. The summed E-state index contributed by atoms with van der Waals surface area (Å²) >= 11 is 0. The Bertz CT molecular complexity index is 2310. The Hall–Kier alpha value is -5.74. The fourth-order valence-corrected chi connectivity index (χ4v) is 6.09. The van der Waals surface area contributed by atoms with Gasteiger partial charge in [0.05, 0.1) is 0 Å². The monoisotopic (exact) mass is 828 g/mol. The summed E-state index contributed by atoms with van der Waals surface area (Å²) in [6.07, 6.45) is 0. The Balaban J connectivity index is 2.03. The average molecular weight is 828 g/mol. The smallest absolute Gasteiger partial charge is 0.617 e. The number of rotatable bonds is 5. The molecule has 0 fully saturated rings. The van der Waals surface area contributed by atoms with Gasteiger partial charge in [0.1, 0.15) is 52.1 Å². The highest BCUT2D eigenvalue weighted by atomic mass is 19.2. The molecule has 5 aromatic carbocycles. The van der Waals surface area contributed by atoms with Gasteiger partial charge in [0.2, 0.25) is 0 Å². The zero-order valence-corrected chi connectivity index (χ0v) is 25.9. The Labute approximate surface area is 294 Å². The Morgan fingerprint density at radius 3 is 0.875 bits per heavy atom. The summed E-state index contributed by atoms with van der Waals surface area (Å²) in [5.41, 5.74) is -13.5. The first kappa shape index (κ1) is 39.9. The molecule has 0 amide bonds. The van der Waals surface area contributed by atoms with E-state index in [0.29, 0.717) is 12.1 Å². The molecule has 294 valence electrons. The van der Waals surface area contributed by atoms with Gasteiger partial charge in [-0.3, -0.25) is 0 Å². The van der Waals surface area contributed by atoms with Gasteiger partial charge in [-0.1, -0.05) is 18.2 Å². The largest absolute Gasteiger partial charge is 0.806 e. The van der Waals surface area contributed by atoms with Crippen LogP contribution in [0.2, 0.25) is 0 Å². The Kier molecular flexibility index (Phi) is 9.61. The Morgan fingerprint density at radius 2 is 0.589 bits per heavy atom. The summed E-state index contributed by atoms with van der Waals surface area (Å²) in [6, 6.07) is 3.76. The van der Waals surface area contributed by atoms with E-state index in [4.69, 9.17) is 9.00 Å². The van der Waals surface area contributed by atoms with Crippen molar-refractivity contribution in [3.63, 3.8) is 0 Å². The van der Waals surface area contributed by atoms with Crippen LogP contribution in [0.5, 0.6) is 0 Å². The molecule has 1 heterocycles. The van der Waals surface area contributed by atoms with Gasteiger partial charge in [0.15, 0.2) is 69.8 Å². The van der Waals surface area contributed by atoms with Crippen molar-refractivity contribution < 1.29 is 101 Å². The number of carbonyl (C=O) groups excluding carboxylic acids is 1. The molecule has 1 aliphatic rings. The van der Waals surface area contributed by atoms with Crippen LogP contribution in [-0.2, 0) is 4.65 Å². The van der Waals surface area contributed by atoms with Crippen molar-refractivity contribution >= 4 is 40.9 Å². The predicted molar refractivity (Wildman–Crippen MR) is 149 cm³/mol. The molecule has 0 bridgehead atoms. The third-order valence-corrected chi connectivity index (χ3v) is 8.52. The van der Waals surface area contributed by atoms with E-state index < -0.39 is 163 Å². The second-order valence-corrected chi connectivity index (χ2v) is 11.5. The summed E-state index contributed by atoms with van der Waals surface area (Å²) in [4.78, 5) is 0. The van der Waals surface area contributed by atoms with E-state index in [-0.39, 0.29) is 0 Å². The van der Waals surface area contributed by atoms with Gasteiger partial charge in [-0.25, -0.2) is 87.8 Å². The highest BCUT2D eigenvalue weighted by molar-refractivity contribution is 7.04. The van der Waals surface area contributed by atoms with Crippen LogP contribution in [0.3, 0.4) is 0 Å². The minimum absolute atomic E-state index is 0.552. The maximum Gasteiger partial charge on any atom is 0.617 e. The first-order valence-electron chi connectivity index (χ1n) is 14.5. The van der Waals surface area contributed by atoms with Crippen LogP contribution < -0.4 is 21.9 Å². The lowest BCUT2D eigenvalue weighted by Crippen LogP contribution is -2.83. The van der Waals surface area contributed by atoms with Gasteiger partial charge in [-0.15, -0.1) is 0 Å². The lowest BCUT2D eigenvalue weighted by molar-refractivity contribution is -0.171. The zero-order chi connectivity index (χ0) is 41.7. The first-order chi connectivity index (χ1) is 26.1. The quantitative estimate of drug-likeness (QED) is 0.0683. The maximum absolute atomic E-state index is 15.9. The van der Waals surface area contributed by atoms with Crippen LogP contribution in [0.15, 0.2) is 30.3 Å². The minimum Gasteiger partial charge on any atom is -0.806 e. The summed E-state index contributed by atoms with van der Waals surface area (Å²) in [5, 5.41) is 0. The van der Waals surface area contributed by atoms with Gasteiger partial charge in [-0.05, 0) is 12.1 Å². The molecule has 0 saturated carbocycles. The molecule has 0 unspecified atom stereocenters. The zero-order valence-electron chi connectivity index (χ0n) is 25.9. The summed E-state index contributed by atoms with van der Waals surface area (Å²) in [6.45, 7) is -13.0. The van der Waals surface area contributed by atoms with E-state index in [1.54, 1.807) is 0 Å². The summed E-state index contributed by atoms with van der Waals surface area (Å²) in [5.74, 6) is -68.4. The van der Waals surface area contributed by atoms with Crippen molar-refractivity contribution in [2.75, 3.05) is 0 Å². The molecule has 0 spiro atoms. The molecule has 25 heteroatoms. The maximum atomic E-state index is 15.9. The van der Waals surface area contributed by atoms with Crippen LogP contribution in [0.25, 0.3) is 0 Å². The summed E-state index contributed by atoms with van der Waals surface area (Å²) in [7, 11) is 0. The van der Waals surface area contributed by atoms with E-state index in [9.17, 15) is 52.7 Å². The second-order valence-electron chi connectivity index (χ2n) is 11.5. The number of halogens is 20. The van der Waals surface area contributed by atoms with Gasteiger partial charge in [0.25, 0.3) is 0 Å². The van der Waals surface area contributed by atoms with E-state index >= 15 is 35.1 Å². The van der Waals surface area contributed by atoms with Crippen molar-refractivity contribution in [1.29, 1.82) is 0 Å². The third kappa shape index (κ3) is 5.33. The number of hydrogen-bond acceptors (Lipinski definition) is 1. The van der Waals surface area contributed by atoms with E-state index in [1.165, 1.54) is 0 Å². The summed E-state index contributed by atoms with van der Waals surface area (Å²) < 4.78 is 316. The molecule has 56 heavy (non-hydrogen) atoms. The molecule has 0 saturated heterocycles. The topological polar surface area (TPSA) is 33.3 Å². The van der Waals surface area contributed by atoms with Gasteiger partial charge < -0.3 is 13.6 Å². The standard InChI is InChI=1S/C31H6B2F20O3/c34-11-7(12(35)20(43)27(50)19(11)42)32(8-13(36)21(44)28(51)22(45)14(8)37)54-31(6-4-2-1-3-5-6)55-33(56-32,9-15(38)23(46)29(52)24(47)16(9)39)10-17(40)25(48)30(53)26(49)18(10)41/h1-5,56H. The van der Waals surface area contributed by atoms with Crippen molar-refractivity contribution in [2.24, 2.45) is 0 Å². The first-order valence-corrected chi connectivity index (χ1v) is 14.5. The fraction of sp³-hybridized carbons (Fsp3) is 0. The lowest BCUT2D eigenvalue weighted by Gasteiger charge is -2.47. The molecule has 5 aromatic rings. The van der Waals surface area contributed by atoms with Gasteiger partial charge in [0, 0.05) is 21.9 Å². The third-order valence-electron chi connectivity index (χ3n) is 8.52. The van der Waals surface area contributed by atoms with E-state index in [1.807, 2.05) is 0 Å². The second kappa shape index (κ2) is 13.5. The molecule has 0 atom stereocenters. The van der Waals surface area contributed by atoms with Gasteiger partial charge in [-0.2, -0.15) is 0 Å². The van der Waals surface area contributed by atoms with Crippen molar-refractivity contribution in [3.05, 3.63) is 152 Å². The molecule has 1 aliphatic heterocycles. The Morgan fingerprint density at radius 1 is 0.339 bits per heavy atom. The average Bonchev–Trinajstić information content (AvgIpc) is 3.18. The molecule has 6 rings (SSSR count). The highest BCUT2D eigenvalue weighted by Gasteiger charge is 2.70. The highest BCUT2D eigenvalue weighted by Crippen LogP contribution is 2.34. The van der Waals surface area contributed by atoms with Crippen LogP contribution in [0.4, 0.5) is 87.8 Å². The van der Waals surface area contributed by atoms with Crippen LogP contribution in [0.1, 0.15) is 9.91 Å². The van der Waals surface area contributed by atoms with Crippen LogP contribution in [0, 0.1) is 116 Å². The lowest BCUT2D eigenvalue weighted by atomic mass is 9.37. The molecule has 1 N–H and O–H groups in total. The van der Waals surface area contributed by atoms with Crippen molar-refractivity contribution in [2.45, 2.75) is 0 Å². The molecule has 0 radical (unpaired) electrons. The van der Waals surface area contributed by atoms with Crippen LogP contribution in [-0.4, -0.2) is 23.6 Å². The SMILES string of the molecule is Fc1c(F)c(F)c([B-]2(c3c(F)c(F)c(F)c(F)c3F)OC(c3ccccc3)=[O+][B-](c3c(F)c(F)c(F)c(F)c3F)(c3c(F)c(F)c(F)c(F)c3F)[OH+]2)c(F)c1F. The van der Waals surface area contributed by atoms with Crippen molar-refractivity contribution in [3.8, 4) is 0 Å². The fourth-order valence-electron chi connectivity index (χ4n) is 6.09. The van der Waals surface area contributed by atoms with Gasteiger partial charge >= 0.3 is 19.1 Å². The molecule has 0 aromatic heterocycles. The molecule has 3 nitrogen and oxygen atoms in total. The van der Waals surface area contributed by atoms with E-state index in [0.717, 1.165) is 18.2 Å². The van der Waals surface area contributed by atoms with E-state index in [2.05, 4.69) is 4.57 Å². The van der Waals surface area contributed by atoms with Crippen LogP contribution >= 0.6 is 0 Å². The predicted octanol–water partition coefficient (Wildman–Crippen LogP) is 6.22. The normalized spacial score (nSPS) is 14.9.